The summed E-state index contributed by atoms with van der Waals surface area (Å²) in [4.78, 5) is 0. The second-order valence-corrected chi connectivity index (χ2v) is 6.35. The third-order valence-electron chi connectivity index (χ3n) is 3.78. The van der Waals surface area contributed by atoms with Gasteiger partial charge in [-0.25, -0.2) is 0 Å². The molecule has 0 atom stereocenters. The molecule has 0 aliphatic heterocycles. The van der Waals surface area contributed by atoms with Gasteiger partial charge in [-0.3, -0.25) is 0 Å². The Morgan fingerprint density at radius 1 is 1.06 bits per heavy atom. The first-order chi connectivity index (χ1) is 7.21. The first-order valence-corrected chi connectivity index (χ1v) is 6.50. The fourth-order valence-electron chi connectivity index (χ4n) is 1.38. The van der Waals surface area contributed by atoms with Crippen LogP contribution in [0.1, 0.15) is 54.4 Å². The van der Waals surface area contributed by atoms with Crippen LogP contribution in [0, 0.1) is 11.3 Å². The molecule has 0 saturated carbocycles. The summed E-state index contributed by atoms with van der Waals surface area (Å²) in [7, 11) is 1.98. The van der Waals surface area contributed by atoms with E-state index >= 15 is 0 Å². The van der Waals surface area contributed by atoms with Gasteiger partial charge in [0.2, 0.25) is 0 Å². The topological polar surface area (TPSA) is 21.3 Å². The summed E-state index contributed by atoms with van der Waals surface area (Å²) in [6, 6.07) is 0. The first-order valence-electron chi connectivity index (χ1n) is 6.50. The molecule has 0 fully saturated rings. The molecular weight excluding hydrogens is 198 g/mol. The highest BCUT2D eigenvalue weighted by Gasteiger charge is 2.24. The third-order valence-corrected chi connectivity index (χ3v) is 3.78. The Kier molecular flexibility index (Phi) is 6.57. The van der Waals surface area contributed by atoms with E-state index in [-0.39, 0.29) is 5.60 Å². The minimum atomic E-state index is -0.00390. The quantitative estimate of drug-likeness (QED) is 0.688. The van der Waals surface area contributed by atoms with E-state index in [9.17, 15) is 0 Å². The van der Waals surface area contributed by atoms with Gasteiger partial charge >= 0.3 is 0 Å². The zero-order chi connectivity index (χ0) is 12.8. The Bertz CT molecular complexity index is 185. The predicted molar refractivity (Wildman–Crippen MR) is 71.8 cm³/mol. The SMILES string of the molecule is CNCCC(C)(C)OCCC(C)(C)C(C)C. The van der Waals surface area contributed by atoms with Gasteiger partial charge in [0.05, 0.1) is 5.60 Å². The summed E-state index contributed by atoms with van der Waals surface area (Å²) in [6.07, 6.45) is 2.19. The summed E-state index contributed by atoms with van der Waals surface area (Å²) < 4.78 is 5.98. The molecule has 0 aliphatic carbocycles. The summed E-state index contributed by atoms with van der Waals surface area (Å²) in [5.41, 5.74) is 0.370. The molecule has 98 valence electrons. The Morgan fingerprint density at radius 3 is 2.06 bits per heavy atom. The normalized spacial score (nSPS) is 13.5. The summed E-state index contributed by atoms with van der Waals surface area (Å²) >= 11 is 0. The van der Waals surface area contributed by atoms with Crippen molar-refractivity contribution >= 4 is 0 Å². The highest BCUT2D eigenvalue weighted by Crippen LogP contribution is 2.30. The van der Waals surface area contributed by atoms with Crippen molar-refractivity contribution in [1.82, 2.24) is 5.32 Å². The zero-order valence-electron chi connectivity index (χ0n) is 12.3. The lowest BCUT2D eigenvalue weighted by molar-refractivity contribution is -0.0373. The van der Waals surface area contributed by atoms with Crippen molar-refractivity contribution in [2.75, 3.05) is 20.2 Å². The molecule has 0 aromatic carbocycles. The van der Waals surface area contributed by atoms with E-state index in [0.717, 1.165) is 26.0 Å². The van der Waals surface area contributed by atoms with Gasteiger partial charge in [-0.15, -0.1) is 0 Å². The molecule has 2 heteroatoms. The van der Waals surface area contributed by atoms with Crippen LogP contribution in [0.15, 0.2) is 0 Å². The maximum atomic E-state index is 5.98. The van der Waals surface area contributed by atoms with Crippen molar-refractivity contribution in [2.45, 2.75) is 60.0 Å². The van der Waals surface area contributed by atoms with E-state index in [1.807, 2.05) is 7.05 Å². The third kappa shape index (κ3) is 6.49. The molecular formula is C14H31NO. The summed E-state index contributed by atoms with van der Waals surface area (Å²) in [5, 5.41) is 3.17. The highest BCUT2D eigenvalue weighted by molar-refractivity contribution is 4.74. The van der Waals surface area contributed by atoms with E-state index in [1.165, 1.54) is 0 Å². The second-order valence-electron chi connectivity index (χ2n) is 6.35. The lowest BCUT2D eigenvalue weighted by atomic mass is 9.78. The lowest BCUT2D eigenvalue weighted by Gasteiger charge is -2.32. The molecule has 1 N–H and O–H groups in total. The largest absolute Gasteiger partial charge is 0.376 e. The molecule has 0 radical (unpaired) electrons. The Balaban J connectivity index is 3.88. The Labute approximate surface area is 102 Å². The number of hydrogen-bond acceptors (Lipinski definition) is 2. The van der Waals surface area contributed by atoms with Gasteiger partial charge in [0, 0.05) is 6.61 Å². The molecule has 0 bridgehead atoms. The molecule has 0 unspecified atom stereocenters. The summed E-state index contributed by atoms with van der Waals surface area (Å²) in [5.74, 6) is 0.705. The van der Waals surface area contributed by atoms with Crippen molar-refractivity contribution in [3.63, 3.8) is 0 Å². The highest BCUT2D eigenvalue weighted by atomic mass is 16.5. The smallest absolute Gasteiger partial charge is 0.0638 e. The van der Waals surface area contributed by atoms with Crippen molar-refractivity contribution in [3.8, 4) is 0 Å². The van der Waals surface area contributed by atoms with E-state index in [0.29, 0.717) is 11.3 Å². The molecule has 16 heavy (non-hydrogen) atoms. The van der Waals surface area contributed by atoms with Crippen LogP contribution in [0.3, 0.4) is 0 Å². The van der Waals surface area contributed by atoms with Crippen molar-refractivity contribution in [1.29, 1.82) is 0 Å². The number of ether oxygens (including phenoxy) is 1. The Hall–Kier alpha value is -0.0800. The fraction of sp³-hybridized carbons (Fsp3) is 1.00. The number of hydrogen-bond donors (Lipinski definition) is 1. The first kappa shape index (κ1) is 15.9. The minimum Gasteiger partial charge on any atom is -0.376 e. The van der Waals surface area contributed by atoms with Gasteiger partial charge in [0.25, 0.3) is 0 Å². The van der Waals surface area contributed by atoms with Crippen LogP contribution in [0.2, 0.25) is 0 Å². The summed E-state index contributed by atoms with van der Waals surface area (Å²) in [6.45, 7) is 15.4. The van der Waals surface area contributed by atoms with Crippen molar-refractivity contribution in [3.05, 3.63) is 0 Å². The molecule has 0 aromatic rings. The lowest BCUT2D eigenvalue weighted by Crippen LogP contribution is -2.31. The molecule has 0 rings (SSSR count). The average molecular weight is 229 g/mol. The van der Waals surface area contributed by atoms with Crippen LogP contribution in [0.25, 0.3) is 0 Å². The fourth-order valence-corrected chi connectivity index (χ4v) is 1.38. The van der Waals surface area contributed by atoms with Crippen LogP contribution >= 0.6 is 0 Å². The van der Waals surface area contributed by atoms with Gasteiger partial charge in [0.15, 0.2) is 0 Å². The zero-order valence-corrected chi connectivity index (χ0v) is 12.3. The van der Waals surface area contributed by atoms with Crippen LogP contribution in [0.5, 0.6) is 0 Å². The molecule has 0 aliphatic rings. The van der Waals surface area contributed by atoms with E-state index in [4.69, 9.17) is 4.74 Å². The maximum Gasteiger partial charge on any atom is 0.0638 e. The van der Waals surface area contributed by atoms with Gasteiger partial charge in [-0.1, -0.05) is 27.7 Å². The van der Waals surface area contributed by atoms with Crippen LogP contribution in [-0.4, -0.2) is 25.8 Å². The van der Waals surface area contributed by atoms with Crippen LogP contribution in [0.4, 0.5) is 0 Å². The monoisotopic (exact) mass is 229 g/mol. The van der Waals surface area contributed by atoms with Crippen LogP contribution in [-0.2, 0) is 4.74 Å². The molecule has 0 spiro atoms. The molecule has 0 aromatic heterocycles. The number of nitrogens with one attached hydrogen (secondary N) is 1. The Morgan fingerprint density at radius 2 is 1.62 bits per heavy atom. The van der Waals surface area contributed by atoms with E-state index in [1.54, 1.807) is 0 Å². The second kappa shape index (κ2) is 6.61. The van der Waals surface area contributed by atoms with Gasteiger partial charge < -0.3 is 10.1 Å². The van der Waals surface area contributed by atoms with Crippen molar-refractivity contribution in [2.24, 2.45) is 11.3 Å². The van der Waals surface area contributed by atoms with E-state index < -0.39 is 0 Å². The van der Waals surface area contributed by atoms with Crippen LogP contribution < -0.4 is 5.32 Å². The maximum absolute atomic E-state index is 5.98. The predicted octanol–water partition coefficient (Wildman–Crippen LogP) is 3.46. The molecule has 2 nitrogen and oxygen atoms in total. The average Bonchev–Trinajstić information content (AvgIpc) is 2.14. The van der Waals surface area contributed by atoms with Gasteiger partial charge in [-0.2, -0.15) is 0 Å². The minimum absolute atomic E-state index is 0.00390. The van der Waals surface area contributed by atoms with E-state index in [2.05, 4.69) is 46.9 Å². The van der Waals surface area contributed by atoms with Gasteiger partial charge in [0.1, 0.15) is 0 Å². The molecule has 0 saturated heterocycles. The van der Waals surface area contributed by atoms with Crippen molar-refractivity contribution < 1.29 is 4.74 Å². The molecule has 0 heterocycles. The molecule has 0 amide bonds. The van der Waals surface area contributed by atoms with Gasteiger partial charge in [-0.05, 0) is 51.6 Å². The number of rotatable bonds is 8. The standard InChI is InChI=1S/C14H31NO/c1-12(2)13(3,4)9-11-16-14(5,6)8-10-15-7/h12,15H,8-11H2,1-7H3.